The number of aryl methyl sites for hydroxylation is 2. The van der Waals surface area contributed by atoms with E-state index in [0.717, 1.165) is 22.4 Å². The van der Waals surface area contributed by atoms with Gasteiger partial charge in [0, 0.05) is 16.1 Å². The fourth-order valence-corrected chi connectivity index (χ4v) is 2.43. The van der Waals surface area contributed by atoms with Crippen molar-refractivity contribution in [2.24, 2.45) is 0 Å². The number of halogens is 1. The molecule has 20 heavy (non-hydrogen) atoms. The Kier molecular flexibility index (Phi) is 4.15. The molecule has 0 aliphatic heterocycles. The first-order valence-electron chi connectivity index (χ1n) is 6.40. The second-order valence-corrected chi connectivity index (χ2v) is 5.29. The molecule has 0 aromatic heterocycles. The normalized spacial score (nSPS) is 10.4. The molecule has 0 aliphatic rings. The van der Waals surface area contributed by atoms with E-state index >= 15 is 0 Å². The molecule has 0 radical (unpaired) electrons. The van der Waals surface area contributed by atoms with Crippen LogP contribution in [0.4, 0.5) is 0 Å². The summed E-state index contributed by atoms with van der Waals surface area (Å²) in [6.07, 6.45) is 0. The first-order chi connectivity index (χ1) is 9.45. The number of benzene rings is 2. The van der Waals surface area contributed by atoms with Gasteiger partial charge in [-0.2, -0.15) is 0 Å². The Hall–Kier alpha value is -1.80. The van der Waals surface area contributed by atoms with Gasteiger partial charge in [0.25, 0.3) is 0 Å². The smallest absolute Gasteiger partial charge is 0.193 e. The minimum atomic E-state index is -0.00625. The zero-order valence-electron chi connectivity index (χ0n) is 12.1. The average Bonchev–Trinajstić information content (AvgIpc) is 2.43. The van der Waals surface area contributed by atoms with E-state index in [2.05, 4.69) is 0 Å². The average molecular weight is 289 g/mol. The van der Waals surface area contributed by atoms with Gasteiger partial charge in [-0.15, -0.1) is 0 Å². The molecule has 0 unspecified atom stereocenters. The van der Waals surface area contributed by atoms with Gasteiger partial charge in [0.2, 0.25) is 0 Å². The van der Waals surface area contributed by atoms with Crippen LogP contribution in [-0.4, -0.2) is 12.9 Å². The van der Waals surface area contributed by atoms with E-state index < -0.39 is 0 Å². The van der Waals surface area contributed by atoms with Crippen LogP contribution in [0.3, 0.4) is 0 Å². The molecular formula is C17H17ClO2. The van der Waals surface area contributed by atoms with E-state index in [1.165, 1.54) is 0 Å². The van der Waals surface area contributed by atoms with Crippen LogP contribution in [0.25, 0.3) is 0 Å². The second-order valence-electron chi connectivity index (χ2n) is 4.88. The maximum Gasteiger partial charge on any atom is 0.193 e. The summed E-state index contributed by atoms with van der Waals surface area (Å²) < 4.78 is 5.28. The van der Waals surface area contributed by atoms with Gasteiger partial charge in [0.15, 0.2) is 5.78 Å². The van der Waals surface area contributed by atoms with Crippen molar-refractivity contribution >= 4 is 17.4 Å². The molecule has 2 aromatic carbocycles. The molecule has 2 rings (SSSR count). The van der Waals surface area contributed by atoms with Gasteiger partial charge in [-0.25, -0.2) is 0 Å². The van der Waals surface area contributed by atoms with Crippen molar-refractivity contribution in [3.8, 4) is 5.75 Å². The lowest BCUT2D eigenvalue weighted by atomic mass is 9.94. The van der Waals surface area contributed by atoms with Crippen LogP contribution < -0.4 is 4.74 Å². The quantitative estimate of drug-likeness (QED) is 0.777. The highest BCUT2D eigenvalue weighted by Gasteiger charge is 2.16. The third-order valence-electron chi connectivity index (χ3n) is 3.50. The van der Waals surface area contributed by atoms with Crippen LogP contribution in [0.15, 0.2) is 30.3 Å². The number of methoxy groups -OCH3 is 1. The van der Waals surface area contributed by atoms with Gasteiger partial charge in [-0.05, 0) is 55.7 Å². The lowest BCUT2D eigenvalue weighted by Gasteiger charge is -2.12. The van der Waals surface area contributed by atoms with Crippen molar-refractivity contribution in [2.75, 3.05) is 7.11 Å². The predicted octanol–water partition coefficient (Wildman–Crippen LogP) is 4.50. The molecule has 0 saturated heterocycles. The summed E-state index contributed by atoms with van der Waals surface area (Å²) in [6.45, 7) is 5.70. The molecule has 0 aliphatic carbocycles. The molecule has 104 valence electrons. The molecule has 3 heteroatoms. The Balaban J connectivity index is 2.54. The maximum absolute atomic E-state index is 12.7. The zero-order valence-corrected chi connectivity index (χ0v) is 12.8. The van der Waals surface area contributed by atoms with E-state index in [4.69, 9.17) is 16.3 Å². The molecular weight excluding hydrogens is 272 g/mol. The molecule has 2 nitrogen and oxygen atoms in total. The van der Waals surface area contributed by atoms with Crippen LogP contribution in [0.2, 0.25) is 5.02 Å². The lowest BCUT2D eigenvalue weighted by molar-refractivity contribution is 0.103. The number of ketones is 1. The minimum absolute atomic E-state index is 0.00625. The van der Waals surface area contributed by atoms with Crippen molar-refractivity contribution in [1.29, 1.82) is 0 Å². The standard InChI is InChI=1S/C17H17ClO2/c1-10-9-16(20-4)11(2)8-14(10)17(19)13-6-5-7-15(18)12(13)3/h5-9H,1-4H3. The third kappa shape index (κ3) is 2.56. The summed E-state index contributed by atoms with van der Waals surface area (Å²) in [5.74, 6) is 0.787. The summed E-state index contributed by atoms with van der Waals surface area (Å²) >= 11 is 6.09. The topological polar surface area (TPSA) is 26.3 Å². The van der Waals surface area contributed by atoms with Crippen LogP contribution >= 0.6 is 11.6 Å². The van der Waals surface area contributed by atoms with Crippen molar-refractivity contribution < 1.29 is 9.53 Å². The highest BCUT2D eigenvalue weighted by molar-refractivity contribution is 6.32. The van der Waals surface area contributed by atoms with Gasteiger partial charge in [-0.3, -0.25) is 4.79 Å². The molecule has 0 amide bonds. The number of carbonyl (C=O) groups excluding carboxylic acids is 1. The molecule has 0 bridgehead atoms. The molecule has 0 heterocycles. The van der Waals surface area contributed by atoms with E-state index in [-0.39, 0.29) is 5.78 Å². The van der Waals surface area contributed by atoms with Gasteiger partial charge in [0.1, 0.15) is 5.75 Å². The van der Waals surface area contributed by atoms with Gasteiger partial charge >= 0.3 is 0 Å². The van der Waals surface area contributed by atoms with E-state index in [9.17, 15) is 4.79 Å². The summed E-state index contributed by atoms with van der Waals surface area (Å²) in [5, 5.41) is 0.610. The Morgan fingerprint density at radius 2 is 1.75 bits per heavy atom. The predicted molar refractivity (Wildman–Crippen MR) is 82.1 cm³/mol. The Morgan fingerprint density at radius 3 is 2.40 bits per heavy atom. The first kappa shape index (κ1) is 14.6. The van der Waals surface area contributed by atoms with E-state index in [1.54, 1.807) is 19.2 Å². The highest BCUT2D eigenvalue weighted by Crippen LogP contribution is 2.27. The molecule has 2 aromatic rings. The number of ether oxygens (including phenoxy) is 1. The summed E-state index contributed by atoms with van der Waals surface area (Å²) in [7, 11) is 1.63. The van der Waals surface area contributed by atoms with Gasteiger partial charge in [-0.1, -0.05) is 23.7 Å². The largest absolute Gasteiger partial charge is 0.496 e. The number of carbonyl (C=O) groups is 1. The summed E-state index contributed by atoms with van der Waals surface area (Å²) in [5.41, 5.74) is 3.99. The van der Waals surface area contributed by atoms with Crippen LogP contribution in [0.5, 0.6) is 5.75 Å². The monoisotopic (exact) mass is 288 g/mol. The number of hydrogen-bond acceptors (Lipinski definition) is 2. The maximum atomic E-state index is 12.7. The fourth-order valence-electron chi connectivity index (χ4n) is 2.25. The first-order valence-corrected chi connectivity index (χ1v) is 6.78. The van der Waals surface area contributed by atoms with Crippen molar-refractivity contribution in [3.05, 3.63) is 63.2 Å². The fraction of sp³-hybridized carbons (Fsp3) is 0.235. The highest BCUT2D eigenvalue weighted by atomic mass is 35.5. The van der Waals surface area contributed by atoms with Gasteiger partial charge < -0.3 is 4.74 Å². The SMILES string of the molecule is COc1cc(C)c(C(=O)c2cccc(Cl)c2C)cc1C. The Bertz CT molecular complexity index is 675. The third-order valence-corrected chi connectivity index (χ3v) is 3.91. The minimum Gasteiger partial charge on any atom is -0.496 e. The molecule has 0 saturated carbocycles. The van der Waals surface area contributed by atoms with Crippen LogP contribution in [-0.2, 0) is 0 Å². The van der Waals surface area contributed by atoms with Gasteiger partial charge in [0.05, 0.1) is 7.11 Å². The summed E-state index contributed by atoms with van der Waals surface area (Å²) in [6, 6.07) is 9.16. The number of hydrogen-bond donors (Lipinski definition) is 0. The molecule has 0 N–H and O–H groups in total. The molecule has 0 spiro atoms. The van der Waals surface area contributed by atoms with Crippen LogP contribution in [0, 0.1) is 20.8 Å². The second kappa shape index (κ2) is 5.68. The van der Waals surface area contributed by atoms with Crippen molar-refractivity contribution in [3.63, 3.8) is 0 Å². The summed E-state index contributed by atoms with van der Waals surface area (Å²) in [4.78, 5) is 12.7. The lowest BCUT2D eigenvalue weighted by Crippen LogP contribution is -2.07. The molecule has 0 fully saturated rings. The van der Waals surface area contributed by atoms with Crippen molar-refractivity contribution in [1.82, 2.24) is 0 Å². The van der Waals surface area contributed by atoms with Crippen LogP contribution in [0.1, 0.15) is 32.6 Å². The number of rotatable bonds is 3. The Morgan fingerprint density at radius 1 is 1.05 bits per heavy atom. The zero-order chi connectivity index (χ0) is 14.9. The van der Waals surface area contributed by atoms with E-state index in [0.29, 0.717) is 16.1 Å². The Labute approximate surface area is 124 Å². The molecule has 0 atom stereocenters. The van der Waals surface area contributed by atoms with Crippen molar-refractivity contribution in [2.45, 2.75) is 20.8 Å². The van der Waals surface area contributed by atoms with E-state index in [1.807, 2.05) is 39.0 Å².